The van der Waals surface area contributed by atoms with Gasteiger partial charge >= 0.3 is 0 Å². The zero-order chi connectivity index (χ0) is 15.4. The number of nitrogens with zero attached hydrogens (tertiary/aromatic N) is 1. The molecule has 2 rings (SSSR count). The molecule has 0 amide bonds. The molecule has 0 spiro atoms. The maximum atomic E-state index is 11.5. The van der Waals surface area contributed by atoms with Crippen molar-refractivity contribution in [1.82, 2.24) is 0 Å². The van der Waals surface area contributed by atoms with Crippen LogP contribution in [0.1, 0.15) is 22.8 Å². The summed E-state index contributed by atoms with van der Waals surface area (Å²) in [5, 5.41) is 11.3. The highest BCUT2D eigenvalue weighted by atomic mass is 35.5. The van der Waals surface area contributed by atoms with Gasteiger partial charge in [0, 0.05) is 11.1 Å². The molecule has 108 valence electrons. The third kappa shape index (κ3) is 3.58. The van der Waals surface area contributed by atoms with Crippen molar-refractivity contribution in [2.75, 3.05) is 0 Å². The Hall–Kier alpha value is -2.40. The van der Waals surface area contributed by atoms with E-state index in [-0.39, 0.29) is 23.1 Å². The van der Waals surface area contributed by atoms with E-state index in [0.717, 1.165) is 0 Å². The molecule has 2 aromatic carbocycles. The number of carbonyl (C=O) groups is 1. The lowest BCUT2D eigenvalue weighted by molar-refractivity contribution is -0.385. The second-order valence-electron chi connectivity index (χ2n) is 4.37. The van der Waals surface area contributed by atoms with E-state index in [1.165, 1.54) is 19.1 Å². The fraction of sp³-hybridized carbons (Fsp3) is 0.133. The highest BCUT2D eigenvalue weighted by Crippen LogP contribution is 2.26. The first-order valence-corrected chi connectivity index (χ1v) is 6.52. The molecule has 0 radical (unpaired) electrons. The molecule has 0 atom stereocenters. The lowest BCUT2D eigenvalue weighted by Gasteiger charge is -2.10. The first-order chi connectivity index (χ1) is 9.99. The molecule has 0 heterocycles. The zero-order valence-electron chi connectivity index (χ0n) is 11.2. The number of nitro benzene ring substituents is 1. The molecule has 0 N–H and O–H groups in total. The van der Waals surface area contributed by atoms with Crippen LogP contribution in [0.25, 0.3) is 0 Å². The van der Waals surface area contributed by atoms with Crippen LogP contribution in [0.4, 0.5) is 5.69 Å². The van der Waals surface area contributed by atoms with Crippen molar-refractivity contribution in [1.29, 1.82) is 0 Å². The van der Waals surface area contributed by atoms with Gasteiger partial charge in [0.2, 0.25) is 0 Å². The van der Waals surface area contributed by atoms with E-state index in [2.05, 4.69) is 0 Å². The van der Waals surface area contributed by atoms with E-state index in [1.807, 2.05) is 0 Å². The third-order valence-electron chi connectivity index (χ3n) is 2.89. The molecule has 5 nitrogen and oxygen atoms in total. The minimum atomic E-state index is -0.512. The molecule has 0 saturated carbocycles. The van der Waals surface area contributed by atoms with Crippen molar-refractivity contribution in [2.45, 2.75) is 13.5 Å². The molecule has 0 aliphatic rings. The summed E-state index contributed by atoms with van der Waals surface area (Å²) in [4.78, 5) is 22.0. The Morgan fingerprint density at radius 1 is 1.29 bits per heavy atom. The highest BCUT2D eigenvalue weighted by molar-refractivity contribution is 6.30. The largest absolute Gasteiger partial charge is 0.488 e. The highest BCUT2D eigenvalue weighted by Gasteiger charge is 2.16. The van der Waals surface area contributed by atoms with Crippen LogP contribution in [-0.4, -0.2) is 10.7 Å². The average Bonchev–Trinajstić information content (AvgIpc) is 2.46. The van der Waals surface area contributed by atoms with Crippen LogP contribution in [0.3, 0.4) is 0 Å². The number of benzene rings is 2. The summed E-state index contributed by atoms with van der Waals surface area (Å²) < 4.78 is 5.55. The Balaban J connectivity index is 2.25. The number of rotatable bonds is 5. The summed E-state index contributed by atoms with van der Waals surface area (Å²) in [7, 11) is 0. The van der Waals surface area contributed by atoms with Gasteiger partial charge in [-0.3, -0.25) is 14.9 Å². The fourth-order valence-corrected chi connectivity index (χ4v) is 2.03. The van der Waals surface area contributed by atoms with Gasteiger partial charge in [0.1, 0.15) is 12.4 Å². The molecule has 0 saturated heterocycles. The summed E-state index contributed by atoms with van der Waals surface area (Å²) in [6.45, 7) is 1.42. The number of Topliss-reactive ketones (excluding diaryl/α,β-unsaturated/α-hetero) is 1. The maximum Gasteiger partial charge on any atom is 0.277 e. The Labute approximate surface area is 126 Å². The number of halogens is 1. The Kier molecular flexibility index (Phi) is 4.55. The van der Waals surface area contributed by atoms with Gasteiger partial charge in [0.05, 0.1) is 16.1 Å². The van der Waals surface area contributed by atoms with Gasteiger partial charge in [-0.25, -0.2) is 0 Å². The molecule has 2 aromatic rings. The quantitative estimate of drug-likeness (QED) is 0.475. The zero-order valence-corrected chi connectivity index (χ0v) is 12.0. The molecule has 0 aliphatic carbocycles. The summed E-state index contributed by atoms with van der Waals surface area (Å²) in [5.74, 6) is 0.269. The van der Waals surface area contributed by atoms with Gasteiger partial charge in [0.25, 0.3) is 5.69 Å². The van der Waals surface area contributed by atoms with Crippen molar-refractivity contribution >= 4 is 23.1 Å². The number of carbonyl (C=O) groups excluding carboxylic acids is 1. The SMILES string of the molecule is CC(=O)c1ccccc1OCc1ccc(Cl)cc1[N+](=O)[O-]. The molecular formula is C15H12ClNO4. The lowest BCUT2D eigenvalue weighted by atomic mass is 10.1. The summed E-state index contributed by atoms with van der Waals surface area (Å²) in [6.07, 6.45) is 0. The fourth-order valence-electron chi connectivity index (χ4n) is 1.87. The normalized spacial score (nSPS) is 10.2. The van der Waals surface area contributed by atoms with Gasteiger partial charge in [0.15, 0.2) is 5.78 Å². The Morgan fingerprint density at radius 2 is 2.00 bits per heavy atom. The van der Waals surface area contributed by atoms with Crippen molar-refractivity contribution in [3.8, 4) is 5.75 Å². The van der Waals surface area contributed by atoms with Gasteiger partial charge in [-0.15, -0.1) is 0 Å². The molecule has 0 unspecified atom stereocenters. The number of ether oxygens (including phenoxy) is 1. The maximum absolute atomic E-state index is 11.5. The third-order valence-corrected chi connectivity index (χ3v) is 3.13. The number of hydrogen-bond donors (Lipinski definition) is 0. The molecule has 21 heavy (non-hydrogen) atoms. The van der Waals surface area contributed by atoms with Crippen molar-refractivity contribution in [2.24, 2.45) is 0 Å². The topological polar surface area (TPSA) is 69.4 Å². The minimum absolute atomic E-state index is 0.0161. The molecular weight excluding hydrogens is 294 g/mol. The summed E-state index contributed by atoms with van der Waals surface area (Å²) >= 11 is 5.75. The van der Waals surface area contributed by atoms with Crippen molar-refractivity contribution < 1.29 is 14.5 Å². The standard InChI is InChI=1S/C15H12ClNO4/c1-10(18)13-4-2-3-5-15(13)21-9-11-6-7-12(16)8-14(11)17(19)20/h2-8H,9H2,1H3. The number of hydrogen-bond acceptors (Lipinski definition) is 4. The average molecular weight is 306 g/mol. The Bertz CT molecular complexity index is 700. The number of para-hydroxylation sites is 1. The molecule has 6 heteroatoms. The van der Waals surface area contributed by atoms with Crippen LogP contribution in [0.15, 0.2) is 42.5 Å². The van der Waals surface area contributed by atoms with Crippen LogP contribution < -0.4 is 4.74 Å². The monoisotopic (exact) mass is 305 g/mol. The molecule has 0 aliphatic heterocycles. The minimum Gasteiger partial charge on any atom is -0.488 e. The molecule has 0 aromatic heterocycles. The van der Waals surface area contributed by atoms with Gasteiger partial charge in [-0.05, 0) is 31.2 Å². The summed E-state index contributed by atoms with van der Waals surface area (Å²) in [5.41, 5.74) is 0.722. The van der Waals surface area contributed by atoms with Gasteiger partial charge in [-0.2, -0.15) is 0 Å². The molecule has 0 fully saturated rings. The summed E-state index contributed by atoms with van der Waals surface area (Å²) in [6, 6.07) is 11.1. The first kappa shape index (κ1) is 15.0. The number of nitro groups is 1. The predicted octanol–water partition coefficient (Wildman–Crippen LogP) is 4.03. The van der Waals surface area contributed by atoms with Crippen molar-refractivity contribution in [3.63, 3.8) is 0 Å². The van der Waals surface area contributed by atoms with E-state index in [1.54, 1.807) is 30.3 Å². The van der Waals surface area contributed by atoms with Gasteiger partial charge in [-0.1, -0.05) is 23.7 Å². The second kappa shape index (κ2) is 6.37. The van der Waals surface area contributed by atoms with Crippen LogP contribution in [0.5, 0.6) is 5.75 Å². The van der Waals surface area contributed by atoms with Gasteiger partial charge < -0.3 is 4.74 Å². The van der Waals surface area contributed by atoms with Crippen LogP contribution in [-0.2, 0) is 6.61 Å². The van der Waals surface area contributed by atoms with E-state index < -0.39 is 4.92 Å². The molecule has 0 bridgehead atoms. The second-order valence-corrected chi connectivity index (χ2v) is 4.81. The van der Waals surface area contributed by atoms with E-state index in [0.29, 0.717) is 16.9 Å². The van der Waals surface area contributed by atoms with Crippen molar-refractivity contribution in [3.05, 3.63) is 68.7 Å². The van der Waals surface area contributed by atoms with E-state index in [9.17, 15) is 14.9 Å². The van der Waals surface area contributed by atoms with Crippen LogP contribution >= 0.6 is 11.6 Å². The van der Waals surface area contributed by atoms with Crippen LogP contribution in [0.2, 0.25) is 5.02 Å². The Morgan fingerprint density at radius 3 is 2.67 bits per heavy atom. The predicted molar refractivity (Wildman–Crippen MR) is 78.9 cm³/mol. The van der Waals surface area contributed by atoms with E-state index >= 15 is 0 Å². The van der Waals surface area contributed by atoms with Crippen LogP contribution in [0, 0.1) is 10.1 Å². The smallest absolute Gasteiger partial charge is 0.277 e. The first-order valence-electron chi connectivity index (χ1n) is 6.14. The number of ketones is 1. The lowest BCUT2D eigenvalue weighted by Crippen LogP contribution is -2.03. The van der Waals surface area contributed by atoms with E-state index in [4.69, 9.17) is 16.3 Å².